The predicted octanol–water partition coefficient (Wildman–Crippen LogP) is 2.81. The minimum atomic E-state index is -3.82. The van der Waals surface area contributed by atoms with Gasteiger partial charge in [-0.25, -0.2) is 18.2 Å². The summed E-state index contributed by atoms with van der Waals surface area (Å²) in [4.78, 5) is 21.6. The van der Waals surface area contributed by atoms with Gasteiger partial charge in [-0.05, 0) is 37.1 Å². The third-order valence-electron chi connectivity index (χ3n) is 4.88. The largest absolute Gasteiger partial charge is 0.343 e. The first-order valence-electron chi connectivity index (χ1n) is 9.27. The molecule has 0 spiro atoms. The van der Waals surface area contributed by atoms with E-state index in [1.807, 2.05) is 10.6 Å². The molecule has 0 saturated heterocycles. The van der Waals surface area contributed by atoms with E-state index in [-0.39, 0.29) is 12.1 Å². The van der Waals surface area contributed by atoms with Crippen LogP contribution in [0.1, 0.15) is 18.7 Å². The van der Waals surface area contributed by atoms with E-state index in [1.165, 1.54) is 23.0 Å². The summed E-state index contributed by atoms with van der Waals surface area (Å²) in [6.07, 6.45) is 4.86. The topological polar surface area (TPSA) is 91.8 Å². The smallest absolute Gasteiger partial charge is 0.326 e. The highest BCUT2D eigenvalue weighted by Crippen LogP contribution is 2.23. The summed E-state index contributed by atoms with van der Waals surface area (Å²) >= 11 is 6.09. The summed E-state index contributed by atoms with van der Waals surface area (Å²) in [7, 11) is -3.82. The monoisotopic (exact) mass is 453 g/mol. The quantitative estimate of drug-likeness (QED) is 0.401. The van der Waals surface area contributed by atoms with Crippen molar-refractivity contribution in [2.24, 2.45) is 0 Å². The molecule has 0 aliphatic rings. The van der Waals surface area contributed by atoms with Gasteiger partial charge in [-0.15, -0.1) is 0 Å². The van der Waals surface area contributed by atoms with Crippen LogP contribution in [0.5, 0.6) is 0 Å². The van der Waals surface area contributed by atoms with Crippen molar-refractivity contribution in [2.75, 3.05) is 12.9 Å². The molecule has 0 N–H and O–H groups in total. The van der Waals surface area contributed by atoms with Crippen molar-refractivity contribution in [1.29, 1.82) is 0 Å². The molecule has 3 aromatic heterocycles. The van der Waals surface area contributed by atoms with Gasteiger partial charge >= 0.3 is 5.69 Å². The second-order valence-corrected chi connectivity index (χ2v) is 9.24. The lowest BCUT2D eigenvalue weighted by Crippen LogP contribution is -2.29. The summed E-state index contributed by atoms with van der Waals surface area (Å²) in [5.41, 5.74) is 1.40. The van der Waals surface area contributed by atoms with Gasteiger partial charge in [-0.2, -0.15) is 3.97 Å². The van der Waals surface area contributed by atoms with Gasteiger partial charge in [0.15, 0.2) is 0 Å². The SMILES string of the molecule is CS(=O)(=O)n1c(=O)n(Cc2nc3cc(Cl)ccc3n2CCCCF)c2[14cH]nccc21. The van der Waals surface area contributed by atoms with Gasteiger partial charge in [0.2, 0.25) is 10.0 Å². The summed E-state index contributed by atoms with van der Waals surface area (Å²) in [6, 6.07) is 6.77. The highest BCUT2D eigenvalue weighted by Gasteiger charge is 2.21. The summed E-state index contributed by atoms with van der Waals surface area (Å²) < 4.78 is 41.0. The van der Waals surface area contributed by atoms with Crippen LogP contribution in [0.2, 0.25) is 5.02 Å². The Labute approximate surface area is 176 Å². The van der Waals surface area contributed by atoms with E-state index in [0.717, 1.165) is 15.7 Å². The molecule has 3 heterocycles. The third kappa shape index (κ3) is 3.61. The van der Waals surface area contributed by atoms with Crippen LogP contribution >= 0.6 is 11.6 Å². The maximum atomic E-state index is 13.0. The molecule has 0 aliphatic carbocycles. The zero-order valence-electron chi connectivity index (χ0n) is 16.1. The summed E-state index contributed by atoms with van der Waals surface area (Å²) in [5.74, 6) is 0.546. The molecule has 8 nitrogen and oxygen atoms in total. The number of benzene rings is 1. The van der Waals surface area contributed by atoms with Crippen LogP contribution in [-0.2, 0) is 23.1 Å². The van der Waals surface area contributed by atoms with E-state index in [4.69, 9.17) is 11.6 Å². The number of hydrogen-bond acceptors (Lipinski definition) is 5. The molecular formula is C19H19ClFN5O3S. The molecule has 1 aromatic carbocycles. The Kier molecular flexibility index (Phi) is 5.37. The number of rotatable bonds is 7. The predicted molar refractivity (Wildman–Crippen MR) is 113 cm³/mol. The molecule has 0 unspecified atom stereocenters. The van der Waals surface area contributed by atoms with E-state index in [9.17, 15) is 17.6 Å². The van der Waals surface area contributed by atoms with Crippen molar-refractivity contribution in [3.05, 3.63) is 58.0 Å². The van der Waals surface area contributed by atoms with Crippen LogP contribution in [0.25, 0.3) is 22.1 Å². The second kappa shape index (κ2) is 7.84. The lowest BCUT2D eigenvalue weighted by atomic mass is 10.3. The summed E-state index contributed by atoms with van der Waals surface area (Å²) in [6.45, 7) is 0.126. The van der Waals surface area contributed by atoms with Crippen LogP contribution in [0.4, 0.5) is 4.39 Å². The lowest BCUT2D eigenvalue weighted by Gasteiger charge is -2.09. The fourth-order valence-corrected chi connectivity index (χ4v) is 4.64. The normalized spacial score (nSPS) is 12.2. The van der Waals surface area contributed by atoms with Crippen molar-refractivity contribution >= 4 is 43.7 Å². The lowest BCUT2D eigenvalue weighted by molar-refractivity contribution is 0.446. The molecule has 0 fully saturated rings. The van der Waals surface area contributed by atoms with Gasteiger partial charge in [0.25, 0.3) is 0 Å². The number of fused-ring (bicyclic) bond motifs is 2. The van der Waals surface area contributed by atoms with Crippen molar-refractivity contribution in [3.8, 4) is 0 Å². The number of alkyl halides is 1. The number of hydrogen-bond donors (Lipinski definition) is 0. The molecular weight excluding hydrogens is 435 g/mol. The molecule has 0 amide bonds. The van der Waals surface area contributed by atoms with Gasteiger partial charge in [-0.1, -0.05) is 11.6 Å². The van der Waals surface area contributed by atoms with Crippen molar-refractivity contribution in [1.82, 2.24) is 23.1 Å². The molecule has 0 bridgehead atoms. The van der Waals surface area contributed by atoms with E-state index in [2.05, 4.69) is 9.97 Å². The van der Waals surface area contributed by atoms with Crippen LogP contribution in [0.15, 0.2) is 41.5 Å². The molecule has 11 heteroatoms. The molecule has 0 saturated carbocycles. The molecule has 4 aromatic rings. The number of aryl methyl sites for hydroxylation is 1. The Balaban J connectivity index is 1.89. The van der Waals surface area contributed by atoms with E-state index >= 15 is 0 Å². The Bertz CT molecular complexity index is 1410. The fourth-order valence-electron chi connectivity index (χ4n) is 3.58. The van der Waals surface area contributed by atoms with Gasteiger partial charge in [-0.3, -0.25) is 13.9 Å². The zero-order valence-corrected chi connectivity index (χ0v) is 17.7. The Morgan fingerprint density at radius 3 is 2.70 bits per heavy atom. The number of pyridine rings is 1. The summed E-state index contributed by atoms with van der Waals surface area (Å²) in [5, 5.41) is 0.525. The number of imidazole rings is 2. The van der Waals surface area contributed by atoms with E-state index in [1.54, 1.807) is 12.1 Å². The van der Waals surface area contributed by atoms with Crippen molar-refractivity contribution in [3.63, 3.8) is 0 Å². The fraction of sp³-hybridized carbons (Fsp3) is 0.316. The van der Waals surface area contributed by atoms with E-state index in [0.29, 0.717) is 41.3 Å². The maximum absolute atomic E-state index is 13.0. The molecule has 158 valence electrons. The average molecular weight is 454 g/mol. The van der Waals surface area contributed by atoms with E-state index < -0.39 is 22.4 Å². The average Bonchev–Trinajstić information content (AvgIpc) is 3.16. The number of halogens is 2. The molecule has 30 heavy (non-hydrogen) atoms. The Morgan fingerprint density at radius 1 is 1.17 bits per heavy atom. The Hall–Kier alpha value is -2.72. The Morgan fingerprint density at radius 2 is 1.97 bits per heavy atom. The molecule has 0 radical (unpaired) electrons. The van der Waals surface area contributed by atoms with Gasteiger partial charge in [0.05, 0.1) is 47.7 Å². The first kappa shape index (κ1) is 20.5. The molecule has 0 atom stereocenters. The third-order valence-corrected chi connectivity index (χ3v) is 6.13. The van der Waals surface area contributed by atoms with Crippen LogP contribution in [-0.4, -0.2) is 44.4 Å². The van der Waals surface area contributed by atoms with Gasteiger partial charge in [0, 0.05) is 17.8 Å². The first-order valence-corrected chi connectivity index (χ1v) is 11.5. The second-order valence-electron chi connectivity index (χ2n) is 6.97. The maximum Gasteiger partial charge on any atom is 0.343 e. The van der Waals surface area contributed by atoms with Crippen molar-refractivity contribution in [2.45, 2.75) is 25.9 Å². The first-order chi connectivity index (χ1) is 14.3. The zero-order chi connectivity index (χ0) is 21.5. The standard InChI is InChI=1S/C19H19ClFN5O3S/c1-30(28,29)26-16-6-8-22-11-17(16)25(19(26)27)12-18-23-14-10-13(20)4-5-15(14)24(18)9-3-2-7-21/h4-6,8,10-11H,2-3,7,9,12H2,1H3/i11+2. The van der Waals surface area contributed by atoms with Gasteiger partial charge in [0.1, 0.15) is 5.82 Å². The minimum absolute atomic E-state index is 0.0332. The van der Waals surface area contributed by atoms with Crippen LogP contribution in [0.3, 0.4) is 0 Å². The van der Waals surface area contributed by atoms with Crippen LogP contribution in [0, 0.1) is 0 Å². The molecule has 4 rings (SSSR count). The number of unbranched alkanes of at least 4 members (excludes halogenated alkanes) is 1. The highest BCUT2D eigenvalue weighted by atomic mass is 35.5. The van der Waals surface area contributed by atoms with Crippen LogP contribution < -0.4 is 5.69 Å². The minimum Gasteiger partial charge on any atom is -0.326 e. The number of aromatic nitrogens is 5. The van der Waals surface area contributed by atoms with Crippen molar-refractivity contribution < 1.29 is 12.8 Å². The van der Waals surface area contributed by atoms with Gasteiger partial charge < -0.3 is 4.57 Å². The highest BCUT2D eigenvalue weighted by molar-refractivity contribution is 7.89. The molecule has 0 aliphatic heterocycles. The number of nitrogens with zero attached hydrogens (tertiary/aromatic N) is 5.